The first kappa shape index (κ1) is 10.5. The van der Waals surface area contributed by atoms with Crippen LogP contribution in [0.4, 0.5) is 0 Å². The lowest BCUT2D eigenvalue weighted by molar-refractivity contribution is -0.150. The molecule has 1 aliphatic heterocycles. The molecule has 4 nitrogen and oxygen atoms in total. The van der Waals surface area contributed by atoms with Crippen LogP contribution in [0.2, 0.25) is 0 Å². The van der Waals surface area contributed by atoms with Crippen molar-refractivity contribution in [1.29, 1.82) is 0 Å². The molecule has 1 aliphatic rings. The summed E-state index contributed by atoms with van der Waals surface area (Å²) in [6.07, 6.45) is 1.94. The van der Waals surface area contributed by atoms with Gasteiger partial charge in [0.2, 0.25) is 0 Å². The summed E-state index contributed by atoms with van der Waals surface area (Å²) in [5.41, 5.74) is 0. The number of carbonyl (C=O) groups is 1. The number of hydrogen-bond acceptors (Lipinski definition) is 4. The highest BCUT2D eigenvalue weighted by molar-refractivity contribution is 5.76. The van der Waals surface area contributed by atoms with Crippen LogP contribution in [-0.2, 0) is 14.3 Å². The summed E-state index contributed by atoms with van der Waals surface area (Å²) in [4.78, 5) is 11.4. The van der Waals surface area contributed by atoms with Crippen molar-refractivity contribution in [3.8, 4) is 0 Å². The lowest BCUT2D eigenvalue weighted by Gasteiger charge is -2.29. The SMILES string of the molecule is CCOC(=O)C1NCCCC1OC. The van der Waals surface area contributed by atoms with Crippen molar-refractivity contribution in [2.75, 3.05) is 20.3 Å². The second kappa shape index (κ2) is 5.19. The van der Waals surface area contributed by atoms with Crippen LogP contribution < -0.4 is 5.32 Å². The number of ether oxygens (including phenoxy) is 2. The zero-order valence-corrected chi connectivity index (χ0v) is 8.21. The summed E-state index contributed by atoms with van der Waals surface area (Å²) < 4.78 is 10.1. The van der Waals surface area contributed by atoms with Gasteiger partial charge in [-0.2, -0.15) is 0 Å². The van der Waals surface area contributed by atoms with Crippen LogP contribution in [0.15, 0.2) is 0 Å². The molecule has 2 atom stereocenters. The third kappa shape index (κ3) is 2.67. The Hall–Kier alpha value is -0.610. The van der Waals surface area contributed by atoms with E-state index in [9.17, 15) is 4.79 Å². The molecule has 0 spiro atoms. The van der Waals surface area contributed by atoms with Gasteiger partial charge in [0, 0.05) is 7.11 Å². The Bertz CT molecular complexity index is 172. The van der Waals surface area contributed by atoms with Gasteiger partial charge in [-0.05, 0) is 26.3 Å². The number of rotatable bonds is 3. The summed E-state index contributed by atoms with van der Waals surface area (Å²) in [5.74, 6) is -0.200. The summed E-state index contributed by atoms with van der Waals surface area (Å²) in [6.45, 7) is 3.10. The maximum atomic E-state index is 11.4. The third-order valence-corrected chi connectivity index (χ3v) is 2.24. The van der Waals surface area contributed by atoms with E-state index in [0.29, 0.717) is 6.61 Å². The average molecular weight is 187 g/mol. The van der Waals surface area contributed by atoms with Gasteiger partial charge in [0.25, 0.3) is 0 Å². The largest absolute Gasteiger partial charge is 0.465 e. The zero-order valence-electron chi connectivity index (χ0n) is 8.21. The van der Waals surface area contributed by atoms with Crippen LogP contribution in [0.1, 0.15) is 19.8 Å². The van der Waals surface area contributed by atoms with Gasteiger partial charge in [-0.3, -0.25) is 4.79 Å². The van der Waals surface area contributed by atoms with Gasteiger partial charge >= 0.3 is 5.97 Å². The molecule has 1 N–H and O–H groups in total. The minimum Gasteiger partial charge on any atom is -0.465 e. The second-order valence-corrected chi connectivity index (χ2v) is 3.10. The van der Waals surface area contributed by atoms with E-state index < -0.39 is 0 Å². The molecule has 1 rings (SSSR count). The summed E-state index contributed by atoms with van der Waals surface area (Å²) >= 11 is 0. The predicted octanol–water partition coefficient (Wildman–Crippen LogP) is 0.316. The van der Waals surface area contributed by atoms with Crippen molar-refractivity contribution in [1.82, 2.24) is 5.32 Å². The van der Waals surface area contributed by atoms with Crippen LogP contribution in [-0.4, -0.2) is 38.4 Å². The molecular weight excluding hydrogens is 170 g/mol. The zero-order chi connectivity index (χ0) is 9.68. The smallest absolute Gasteiger partial charge is 0.325 e. The van der Waals surface area contributed by atoms with E-state index >= 15 is 0 Å². The van der Waals surface area contributed by atoms with Crippen LogP contribution in [0.25, 0.3) is 0 Å². The molecule has 76 valence electrons. The Morgan fingerprint density at radius 3 is 3.00 bits per heavy atom. The Kier molecular flexibility index (Phi) is 4.18. The number of piperidine rings is 1. The van der Waals surface area contributed by atoms with Crippen molar-refractivity contribution in [3.05, 3.63) is 0 Å². The molecule has 4 heteroatoms. The van der Waals surface area contributed by atoms with Gasteiger partial charge in [-0.25, -0.2) is 0 Å². The maximum absolute atomic E-state index is 11.4. The molecule has 13 heavy (non-hydrogen) atoms. The quantitative estimate of drug-likeness (QED) is 0.646. The third-order valence-electron chi connectivity index (χ3n) is 2.24. The topological polar surface area (TPSA) is 47.6 Å². The highest BCUT2D eigenvalue weighted by atomic mass is 16.5. The number of hydrogen-bond donors (Lipinski definition) is 1. The first-order valence-corrected chi connectivity index (χ1v) is 4.72. The lowest BCUT2D eigenvalue weighted by atomic mass is 10.0. The van der Waals surface area contributed by atoms with Gasteiger partial charge < -0.3 is 14.8 Å². The Labute approximate surface area is 78.6 Å². The molecule has 0 aromatic rings. The van der Waals surface area contributed by atoms with Gasteiger partial charge in [-0.1, -0.05) is 0 Å². The van der Waals surface area contributed by atoms with E-state index in [4.69, 9.17) is 9.47 Å². The molecule has 0 bridgehead atoms. The van der Waals surface area contributed by atoms with Gasteiger partial charge in [0.1, 0.15) is 6.04 Å². The van der Waals surface area contributed by atoms with E-state index in [1.165, 1.54) is 0 Å². The summed E-state index contributed by atoms with van der Waals surface area (Å²) in [6, 6.07) is -0.279. The molecule has 0 aliphatic carbocycles. The fourth-order valence-corrected chi connectivity index (χ4v) is 1.58. The van der Waals surface area contributed by atoms with Crippen molar-refractivity contribution in [2.24, 2.45) is 0 Å². The summed E-state index contributed by atoms with van der Waals surface area (Å²) in [7, 11) is 1.63. The Morgan fingerprint density at radius 2 is 2.38 bits per heavy atom. The predicted molar refractivity (Wildman–Crippen MR) is 48.5 cm³/mol. The molecule has 2 unspecified atom stereocenters. The molecule has 0 aromatic heterocycles. The fourth-order valence-electron chi connectivity index (χ4n) is 1.58. The summed E-state index contributed by atoms with van der Waals surface area (Å²) in [5, 5.41) is 3.11. The van der Waals surface area contributed by atoms with E-state index in [2.05, 4.69) is 5.32 Å². The van der Waals surface area contributed by atoms with Crippen LogP contribution in [0.3, 0.4) is 0 Å². The molecule has 0 aromatic carbocycles. The van der Waals surface area contributed by atoms with Gasteiger partial charge in [0.15, 0.2) is 0 Å². The van der Waals surface area contributed by atoms with Crippen LogP contribution >= 0.6 is 0 Å². The van der Waals surface area contributed by atoms with Crippen LogP contribution in [0.5, 0.6) is 0 Å². The Morgan fingerprint density at radius 1 is 1.62 bits per heavy atom. The van der Waals surface area contributed by atoms with E-state index in [1.807, 2.05) is 6.92 Å². The standard InChI is InChI=1S/C9H17NO3/c1-3-13-9(11)8-7(12-2)5-4-6-10-8/h7-8,10H,3-6H2,1-2H3. The minimum absolute atomic E-state index is 0.0344. The van der Waals surface area contributed by atoms with Crippen molar-refractivity contribution in [3.63, 3.8) is 0 Å². The van der Waals surface area contributed by atoms with Gasteiger partial charge in [-0.15, -0.1) is 0 Å². The van der Waals surface area contributed by atoms with Crippen molar-refractivity contribution < 1.29 is 14.3 Å². The number of nitrogens with one attached hydrogen (secondary N) is 1. The lowest BCUT2D eigenvalue weighted by Crippen LogP contribution is -2.51. The molecule has 0 amide bonds. The highest BCUT2D eigenvalue weighted by Gasteiger charge is 2.31. The number of carbonyl (C=O) groups excluding carboxylic acids is 1. The maximum Gasteiger partial charge on any atom is 0.325 e. The minimum atomic E-state index is -0.279. The second-order valence-electron chi connectivity index (χ2n) is 3.10. The average Bonchev–Trinajstić information content (AvgIpc) is 2.18. The first-order chi connectivity index (χ1) is 6.29. The molecular formula is C9H17NO3. The molecule has 1 saturated heterocycles. The van der Waals surface area contributed by atoms with Crippen molar-refractivity contribution >= 4 is 5.97 Å². The molecule has 0 radical (unpaired) electrons. The molecule has 1 fully saturated rings. The van der Waals surface area contributed by atoms with Crippen LogP contribution in [0, 0.1) is 0 Å². The van der Waals surface area contributed by atoms with E-state index in [-0.39, 0.29) is 18.1 Å². The molecule has 0 saturated carbocycles. The monoisotopic (exact) mass is 187 g/mol. The van der Waals surface area contributed by atoms with E-state index in [1.54, 1.807) is 7.11 Å². The normalized spacial score (nSPS) is 28.5. The highest BCUT2D eigenvalue weighted by Crippen LogP contribution is 2.12. The number of methoxy groups -OCH3 is 1. The van der Waals surface area contributed by atoms with Crippen molar-refractivity contribution in [2.45, 2.75) is 31.9 Å². The molecule has 1 heterocycles. The first-order valence-electron chi connectivity index (χ1n) is 4.72. The number of esters is 1. The van der Waals surface area contributed by atoms with Gasteiger partial charge in [0.05, 0.1) is 12.7 Å². The fraction of sp³-hybridized carbons (Fsp3) is 0.889. The Balaban J connectivity index is 2.48. The van der Waals surface area contributed by atoms with E-state index in [0.717, 1.165) is 19.4 Å².